The standard InChI is InChI=1S/C21H25NO5S/c1-4-26-21(24)18-16-10-5-6-11-17(16)28-20(18)22-19(23)13(2)27-15-9-7-8-14(12-15)25-3/h7-9,12-13H,4-6,10-11H2,1-3H3,(H,22,23). The van der Waals surface area contributed by atoms with E-state index in [0.717, 1.165) is 36.1 Å². The molecule has 0 radical (unpaired) electrons. The zero-order chi connectivity index (χ0) is 20.1. The van der Waals surface area contributed by atoms with Gasteiger partial charge in [-0.3, -0.25) is 4.79 Å². The van der Waals surface area contributed by atoms with Crippen molar-refractivity contribution >= 4 is 28.2 Å². The number of esters is 1. The number of fused-ring (bicyclic) bond motifs is 1. The molecule has 1 atom stereocenters. The molecule has 1 unspecified atom stereocenters. The molecule has 150 valence electrons. The molecule has 1 aliphatic rings. The fourth-order valence-corrected chi connectivity index (χ4v) is 4.50. The van der Waals surface area contributed by atoms with Crippen LogP contribution in [-0.4, -0.2) is 31.7 Å². The summed E-state index contributed by atoms with van der Waals surface area (Å²) in [4.78, 5) is 26.4. The van der Waals surface area contributed by atoms with E-state index in [1.807, 2.05) is 0 Å². The van der Waals surface area contributed by atoms with Gasteiger partial charge in [-0.25, -0.2) is 4.79 Å². The van der Waals surface area contributed by atoms with E-state index in [4.69, 9.17) is 14.2 Å². The van der Waals surface area contributed by atoms with Crippen molar-refractivity contribution in [3.05, 3.63) is 40.3 Å². The summed E-state index contributed by atoms with van der Waals surface area (Å²) in [6.45, 7) is 3.75. The first-order chi connectivity index (χ1) is 13.5. The number of rotatable bonds is 7. The van der Waals surface area contributed by atoms with Crippen LogP contribution in [-0.2, 0) is 22.4 Å². The minimum absolute atomic E-state index is 0.298. The first-order valence-electron chi connectivity index (χ1n) is 9.46. The van der Waals surface area contributed by atoms with Gasteiger partial charge in [0.1, 0.15) is 16.5 Å². The molecule has 0 spiro atoms. The van der Waals surface area contributed by atoms with Crippen molar-refractivity contribution in [3.63, 3.8) is 0 Å². The van der Waals surface area contributed by atoms with Crippen LogP contribution in [0.2, 0.25) is 0 Å². The van der Waals surface area contributed by atoms with Gasteiger partial charge < -0.3 is 19.5 Å². The van der Waals surface area contributed by atoms with Crippen molar-refractivity contribution in [3.8, 4) is 11.5 Å². The highest BCUT2D eigenvalue weighted by molar-refractivity contribution is 7.17. The van der Waals surface area contributed by atoms with E-state index in [9.17, 15) is 9.59 Å². The fourth-order valence-electron chi connectivity index (χ4n) is 3.22. The predicted octanol–water partition coefficient (Wildman–Crippen LogP) is 4.22. The number of anilines is 1. The zero-order valence-electron chi connectivity index (χ0n) is 16.4. The van der Waals surface area contributed by atoms with Crippen LogP contribution >= 0.6 is 11.3 Å². The maximum atomic E-state index is 12.7. The summed E-state index contributed by atoms with van der Waals surface area (Å²) in [6, 6.07) is 7.09. The molecule has 6 nitrogen and oxygen atoms in total. The summed E-state index contributed by atoms with van der Waals surface area (Å²) in [7, 11) is 1.57. The van der Waals surface area contributed by atoms with Crippen molar-refractivity contribution in [1.29, 1.82) is 0 Å². The Kier molecular flexibility index (Phi) is 6.57. The van der Waals surface area contributed by atoms with Crippen LogP contribution in [0.25, 0.3) is 0 Å². The SMILES string of the molecule is CCOC(=O)c1c(NC(=O)C(C)Oc2cccc(OC)c2)sc2c1CCCC2. The molecule has 0 fully saturated rings. The Bertz CT molecular complexity index is 860. The van der Waals surface area contributed by atoms with Crippen LogP contribution in [0.3, 0.4) is 0 Å². The molecule has 2 aromatic rings. The number of thiophene rings is 1. The highest BCUT2D eigenvalue weighted by Gasteiger charge is 2.28. The topological polar surface area (TPSA) is 73.9 Å². The molecule has 1 aromatic heterocycles. The Morgan fingerprint density at radius 2 is 1.96 bits per heavy atom. The number of nitrogens with one attached hydrogen (secondary N) is 1. The predicted molar refractivity (Wildman–Crippen MR) is 109 cm³/mol. The lowest BCUT2D eigenvalue weighted by molar-refractivity contribution is -0.122. The molecule has 1 N–H and O–H groups in total. The first kappa shape index (κ1) is 20.2. The van der Waals surface area contributed by atoms with E-state index in [0.29, 0.717) is 28.7 Å². The number of carbonyl (C=O) groups is 2. The van der Waals surface area contributed by atoms with Gasteiger partial charge >= 0.3 is 5.97 Å². The van der Waals surface area contributed by atoms with Crippen molar-refractivity contribution < 1.29 is 23.8 Å². The Hall–Kier alpha value is -2.54. The largest absolute Gasteiger partial charge is 0.497 e. The Morgan fingerprint density at radius 1 is 1.21 bits per heavy atom. The van der Waals surface area contributed by atoms with Gasteiger partial charge in [0, 0.05) is 10.9 Å². The molecule has 1 heterocycles. The molecule has 0 saturated heterocycles. The minimum Gasteiger partial charge on any atom is -0.497 e. The number of ether oxygens (including phenoxy) is 3. The molecule has 3 rings (SSSR count). The van der Waals surface area contributed by atoms with Crippen molar-refractivity contribution in [2.24, 2.45) is 0 Å². The average Bonchev–Trinajstić information content (AvgIpc) is 3.06. The normalized spacial score (nSPS) is 14.0. The summed E-state index contributed by atoms with van der Waals surface area (Å²) < 4.78 is 16.1. The molecule has 0 bridgehead atoms. The number of methoxy groups -OCH3 is 1. The average molecular weight is 404 g/mol. The van der Waals surface area contributed by atoms with Crippen LogP contribution in [0, 0.1) is 0 Å². The number of hydrogen-bond donors (Lipinski definition) is 1. The highest BCUT2D eigenvalue weighted by Crippen LogP contribution is 2.38. The third-order valence-electron chi connectivity index (χ3n) is 4.61. The van der Waals surface area contributed by atoms with Crippen LogP contribution < -0.4 is 14.8 Å². The Balaban J connectivity index is 1.77. The van der Waals surface area contributed by atoms with Crippen LogP contribution in [0.5, 0.6) is 11.5 Å². The first-order valence-corrected chi connectivity index (χ1v) is 10.3. The molecule has 1 aliphatic carbocycles. The minimum atomic E-state index is -0.735. The van der Waals surface area contributed by atoms with Gasteiger partial charge in [-0.2, -0.15) is 0 Å². The maximum Gasteiger partial charge on any atom is 0.341 e. The molecule has 0 aliphatic heterocycles. The van der Waals surface area contributed by atoms with E-state index in [1.165, 1.54) is 11.3 Å². The smallest absolute Gasteiger partial charge is 0.341 e. The number of amides is 1. The van der Waals surface area contributed by atoms with E-state index in [-0.39, 0.29) is 11.9 Å². The molecular formula is C21H25NO5S. The molecule has 7 heteroatoms. The lowest BCUT2D eigenvalue weighted by Gasteiger charge is -2.15. The second-order valence-electron chi connectivity index (χ2n) is 6.56. The molecule has 0 saturated carbocycles. The fraction of sp³-hybridized carbons (Fsp3) is 0.429. The van der Waals surface area contributed by atoms with E-state index >= 15 is 0 Å². The second-order valence-corrected chi connectivity index (χ2v) is 7.67. The summed E-state index contributed by atoms with van der Waals surface area (Å²) in [5.41, 5.74) is 1.52. The third kappa shape index (κ3) is 4.47. The lowest BCUT2D eigenvalue weighted by atomic mass is 9.95. The van der Waals surface area contributed by atoms with Crippen LogP contribution in [0.15, 0.2) is 24.3 Å². The zero-order valence-corrected chi connectivity index (χ0v) is 17.2. The molecular weight excluding hydrogens is 378 g/mol. The number of benzene rings is 1. The number of carbonyl (C=O) groups excluding carboxylic acids is 2. The highest BCUT2D eigenvalue weighted by atomic mass is 32.1. The second kappa shape index (κ2) is 9.10. The van der Waals surface area contributed by atoms with Crippen molar-refractivity contribution in [2.75, 3.05) is 19.0 Å². The van der Waals surface area contributed by atoms with Crippen molar-refractivity contribution in [2.45, 2.75) is 45.6 Å². The van der Waals surface area contributed by atoms with E-state index in [2.05, 4.69) is 5.32 Å². The molecule has 1 aromatic carbocycles. The Morgan fingerprint density at radius 3 is 2.71 bits per heavy atom. The summed E-state index contributed by atoms with van der Waals surface area (Å²) in [5.74, 6) is 0.504. The number of aryl methyl sites for hydroxylation is 1. The van der Waals surface area contributed by atoms with E-state index < -0.39 is 6.10 Å². The lowest BCUT2D eigenvalue weighted by Crippen LogP contribution is -2.30. The van der Waals surface area contributed by atoms with Gasteiger partial charge in [0.15, 0.2) is 6.10 Å². The Labute approximate surface area is 168 Å². The molecule has 1 amide bonds. The monoisotopic (exact) mass is 403 g/mol. The third-order valence-corrected chi connectivity index (χ3v) is 5.82. The quantitative estimate of drug-likeness (QED) is 0.701. The molecule has 28 heavy (non-hydrogen) atoms. The maximum absolute atomic E-state index is 12.7. The van der Waals surface area contributed by atoms with Gasteiger partial charge in [-0.05, 0) is 57.2 Å². The van der Waals surface area contributed by atoms with Gasteiger partial charge in [-0.15, -0.1) is 11.3 Å². The van der Waals surface area contributed by atoms with Gasteiger partial charge in [0.25, 0.3) is 5.91 Å². The summed E-state index contributed by atoms with van der Waals surface area (Å²) in [6.07, 6.45) is 3.17. The van der Waals surface area contributed by atoms with Crippen LogP contribution in [0.4, 0.5) is 5.00 Å². The van der Waals surface area contributed by atoms with Crippen molar-refractivity contribution in [1.82, 2.24) is 0 Å². The van der Waals surface area contributed by atoms with Gasteiger partial charge in [0.2, 0.25) is 0 Å². The van der Waals surface area contributed by atoms with Gasteiger partial charge in [0.05, 0.1) is 19.3 Å². The van der Waals surface area contributed by atoms with E-state index in [1.54, 1.807) is 45.2 Å². The summed E-state index contributed by atoms with van der Waals surface area (Å²) >= 11 is 1.47. The number of hydrogen-bond acceptors (Lipinski definition) is 6. The van der Waals surface area contributed by atoms with Gasteiger partial charge in [-0.1, -0.05) is 6.07 Å². The summed E-state index contributed by atoms with van der Waals surface area (Å²) in [5, 5.41) is 3.43. The van der Waals surface area contributed by atoms with Crippen LogP contribution in [0.1, 0.15) is 47.5 Å².